The van der Waals surface area contributed by atoms with Gasteiger partial charge in [0.2, 0.25) is 0 Å². The van der Waals surface area contributed by atoms with E-state index in [0.29, 0.717) is 0 Å². The van der Waals surface area contributed by atoms with Gasteiger partial charge in [-0.2, -0.15) is 10.2 Å². The Morgan fingerprint density at radius 3 is 2.25 bits per heavy atom. The number of nitrogens with zero attached hydrogens (tertiary/aromatic N) is 3. The first-order valence-electron chi connectivity index (χ1n) is 8.77. The molecule has 7 heteroatoms. The van der Waals surface area contributed by atoms with Gasteiger partial charge < -0.3 is 9.47 Å². The summed E-state index contributed by atoms with van der Waals surface area (Å²) in [5.41, 5.74) is -2.35. The van der Waals surface area contributed by atoms with Gasteiger partial charge in [0.15, 0.2) is 11.1 Å². The first-order chi connectivity index (χ1) is 11.4. The van der Waals surface area contributed by atoms with Crippen LogP contribution in [-0.2, 0) is 19.1 Å². The van der Waals surface area contributed by atoms with Crippen LogP contribution >= 0.6 is 0 Å². The van der Waals surface area contributed by atoms with Gasteiger partial charge >= 0.3 is 11.9 Å². The smallest absolute Gasteiger partial charge is 0.337 e. The maximum atomic E-state index is 12.8. The van der Waals surface area contributed by atoms with Crippen LogP contribution in [-0.4, -0.2) is 61.3 Å². The molecule has 0 aromatic heterocycles. The maximum absolute atomic E-state index is 12.8. The first kappa shape index (κ1) is 16.0. The molecule has 0 spiro atoms. The van der Waals surface area contributed by atoms with E-state index in [2.05, 4.69) is 22.1 Å². The Labute approximate surface area is 141 Å². The summed E-state index contributed by atoms with van der Waals surface area (Å²) < 4.78 is 10.2. The van der Waals surface area contributed by atoms with Gasteiger partial charge in [-0.1, -0.05) is 20.3 Å². The Kier molecular flexibility index (Phi) is 3.18. The minimum atomic E-state index is -0.999. The number of hydrogen-bond donors (Lipinski definition) is 0. The second-order valence-corrected chi connectivity index (χ2v) is 7.82. The number of azo groups is 1. The molecule has 0 unspecified atom stereocenters. The molecule has 132 valence electrons. The van der Waals surface area contributed by atoms with Crippen molar-refractivity contribution >= 4 is 11.9 Å². The summed E-state index contributed by atoms with van der Waals surface area (Å²) in [5, 5.41) is 8.82. The highest BCUT2D eigenvalue weighted by atomic mass is 16.5. The Balaban J connectivity index is 1.86. The van der Waals surface area contributed by atoms with Crippen molar-refractivity contribution < 1.29 is 19.1 Å². The molecule has 3 aliphatic heterocycles. The predicted molar refractivity (Wildman–Crippen MR) is 84.3 cm³/mol. The fourth-order valence-electron chi connectivity index (χ4n) is 6.23. The van der Waals surface area contributed by atoms with Crippen molar-refractivity contribution in [1.29, 1.82) is 0 Å². The first-order valence-corrected chi connectivity index (χ1v) is 8.77. The van der Waals surface area contributed by atoms with Crippen molar-refractivity contribution in [2.75, 3.05) is 27.3 Å². The summed E-state index contributed by atoms with van der Waals surface area (Å²) >= 11 is 0. The zero-order valence-corrected chi connectivity index (χ0v) is 14.7. The van der Waals surface area contributed by atoms with Gasteiger partial charge in [-0.05, 0) is 25.9 Å². The predicted octanol–water partition coefficient (Wildman–Crippen LogP) is 1.42. The van der Waals surface area contributed by atoms with E-state index in [0.717, 1.165) is 25.9 Å². The average molecular weight is 335 g/mol. The molecule has 2 aliphatic carbocycles. The van der Waals surface area contributed by atoms with E-state index in [1.54, 1.807) is 0 Å². The largest absolute Gasteiger partial charge is 0.467 e. The molecule has 0 N–H and O–H groups in total. The van der Waals surface area contributed by atoms with E-state index < -0.39 is 16.5 Å². The average Bonchev–Trinajstić information content (AvgIpc) is 3.13. The Hall–Kier alpha value is -1.50. The fourth-order valence-corrected chi connectivity index (χ4v) is 6.23. The summed E-state index contributed by atoms with van der Waals surface area (Å²) in [4.78, 5) is 27.7. The number of piperidine rings is 1. The minimum Gasteiger partial charge on any atom is -0.467 e. The number of hydrogen-bond acceptors (Lipinski definition) is 7. The standard InChI is InChI=1S/C17H25N3O4/c1-10-11-15(2)12(20-8-6-5-7-9-20)16(10,13(21)23-3)18-19-17(11,15)14(22)24-4/h10-12H,5-9H2,1-4H3/t10-,11+,12+,15+,16-,17-/m0/s1. The highest BCUT2D eigenvalue weighted by molar-refractivity contribution is 5.94. The summed E-state index contributed by atoms with van der Waals surface area (Å²) in [6, 6.07) is -0.158. The van der Waals surface area contributed by atoms with E-state index in [1.165, 1.54) is 20.6 Å². The van der Waals surface area contributed by atoms with E-state index in [1.807, 2.05) is 6.92 Å². The van der Waals surface area contributed by atoms with Crippen LogP contribution in [0, 0.1) is 17.3 Å². The second kappa shape index (κ2) is 4.77. The summed E-state index contributed by atoms with van der Waals surface area (Å²) in [7, 11) is 2.80. The molecule has 6 atom stereocenters. The Morgan fingerprint density at radius 1 is 1.04 bits per heavy atom. The number of methoxy groups -OCH3 is 2. The zero-order chi connectivity index (χ0) is 17.3. The Bertz CT molecular complexity index is 631. The number of carbonyl (C=O) groups is 2. The number of likely N-dealkylation sites (tertiary alicyclic amines) is 1. The van der Waals surface area contributed by atoms with Crippen LogP contribution in [0.2, 0.25) is 0 Å². The van der Waals surface area contributed by atoms with Gasteiger partial charge in [-0.15, -0.1) is 0 Å². The lowest BCUT2D eigenvalue weighted by Crippen LogP contribution is -2.66. The van der Waals surface area contributed by atoms with Gasteiger partial charge in [-0.25, -0.2) is 9.59 Å². The molecule has 5 rings (SSSR count). The minimum absolute atomic E-state index is 0.0269. The third-order valence-corrected chi connectivity index (χ3v) is 7.15. The summed E-state index contributed by atoms with van der Waals surface area (Å²) in [6.45, 7) is 5.93. The molecule has 1 saturated heterocycles. The molecule has 24 heavy (non-hydrogen) atoms. The van der Waals surface area contributed by atoms with Gasteiger partial charge in [0.25, 0.3) is 0 Å². The molecule has 4 bridgehead atoms. The van der Waals surface area contributed by atoms with Crippen LogP contribution < -0.4 is 0 Å². The number of rotatable bonds is 3. The molecular formula is C17H25N3O4. The van der Waals surface area contributed by atoms with Crippen LogP contribution in [0.15, 0.2) is 10.2 Å². The van der Waals surface area contributed by atoms with Crippen LogP contribution in [0.1, 0.15) is 33.1 Å². The molecular weight excluding hydrogens is 310 g/mol. The maximum Gasteiger partial charge on any atom is 0.337 e. The lowest BCUT2D eigenvalue weighted by molar-refractivity contribution is -0.160. The molecule has 3 fully saturated rings. The third kappa shape index (κ3) is 1.40. The van der Waals surface area contributed by atoms with Crippen molar-refractivity contribution in [2.24, 2.45) is 27.5 Å². The van der Waals surface area contributed by atoms with Gasteiger partial charge in [0.1, 0.15) is 0 Å². The molecule has 3 heterocycles. The summed E-state index contributed by atoms with van der Waals surface area (Å²) in [5.74, 6) is -0.786. The molecule has 0 aromatic carbocycles. The number of carbonyl (C=O) groups excluding carboxylic acids is 2. The fraction of sp³-hybridized carbons (Fsp3) is 0.882. The van der Waals surface area contributed by atoms with Gasteiger partial charge in [0, 0.05) is 17.3 Å². The monoisotopic (exact) mass is 335 g/mol. The van der Waals surface area contributed by atoms with Crippen molar-refractivity contribution in [3.05, 3.63) is 0 Å². The lowest BCUT2D eigenvalue weighted by Gasteiger charge is -2.48. The van der Waals surface area contributed by atoms with E-state index in [4.69, 9.17) is 9.47 Å². The van der Waals surface area contributed by atoms with Crippen molar-refractivity contribution in [2.45, 2.75) is 50.2 Å². The lowest BCUT2D eigenvalue weighted by atomic mass is 9.72. The van der Waals surface area contributed by atoms with Crippen molar-refractivity contribution in [3.63, 3.8) is 0 Å². The molecule has 0 aromatic rings. The molecule has 2 saturated carbocycles. The zero-order valence-electron chi connectivity index (χ0n) is 14.7. The second-order valence-electron chi connectivity index (χ2n) is 7.82. The van der Waals surface area contributed by atoms with E-state index >= 15 is 0 Å². The topological polar surface area (TPSA) is 80.6 Å². The number of esters is 2. The normalized spacial score (nSPS) is 48.9. The van der Waals surface area contributed by atoms with E-state index in [9.17, 15) is 9.59 Å². The SMILES string of the molecule is COC(=O)[C@]12N=N[C@]3(C(=O)OC)[C@H]([C@@H]1C)[C@]3(C)[C@H]2N1CCCCC1. The third-order valence-electron chi connectivity index (χ3n) is 7.15. The molecule has 5 aliphatic rings. The number of ether oxygens (including phenoxy) is 2. The molecule has 7 nitrogen and oxygen atoms in total. The Morgan fingerprint density at radius 2 is 1.67 bits per heavy atom. The highest BCUT2D eigenvalue weighted by Gasteiger charge is 2.95. The molecule has 0 radical (unpaired) electrons. The molecule has 0 amide bonds. The van der Waals surface area contributed by atoms with Gasteiger partial charge in [0.05, 0.1) is 20.3 Å². The highest BCUT2D eigenvalue weighted by Crippen LogP contribution is 2.81. The van der Waals surface area contributed by atoms with Gasteiger partial charge in [-0.3, -0.25) is 4.90 Å². The van der Waals surface area contributed by atoms with Crippen LogP contribution in [0.25, 0.3) is 0 Å². The van der Waals surface area contributed by atoms with Crippen LogP contribution in [0.4, 0.5) is 0 Å². The summed E-state index contributed by atoms with van der Waals surface area (Å²) in [6.07, 6.45) is 3.41. The van der Waals surface area contributed by atoms with E-state index in [-0.39, 0.29) is 29.8 Å². The van der Waals surface area contributed by atoms with Crippen LogP contribution in [0.5, 0.6) is 0 Å². The quantitative estimate of drug-likeness (QED) is 0.729. The van der Waals surface area contributed by atoms with Crippen molar-refractivity contribution in [1.82, 2.24) is 4.90 Å². The van der Waals surface area contributed by atoms with Crippen LogP contribution in [0.3, 0.4) is 0 Å². The van der Waals surface area contributed by atoms with Crippen molar-refractivity contribution in [3.8, 4) is 0 Å².